The summed E-state index contributed by atoms with van der Waals surface area (Å²) in [7, 11) is 0. The molecule has 1 spiro atoms. The Morgan fingerprint density at radius 2 is 1.89 bits per heavy atom. The van der Waals surface area contributed by atoms with Crippen molar-refractivity contribution in [3.63, 3.8) is 0 Å². The van der Waals surface area contributed by atoms with E-state index in [1.54, 1.807) is 0 Å². The third-order valence-corrected chi connectivity index (χ3v) is 6.09. The van der Waals surface area contributed by atoms with E-state index in [4.69, 9.17) is 0 Å². The number of hydrogen-bond acceptors (Lipinski definition) is 4. The van der Waals surface area contributed by atoms with Gasteiger partial charge >= 0.3 is 11.1 Å². The van der Waals surface area contributed by atoms with Crippen LogP contribution in [-0.2, 0) is 24.3 Å². The van der Waals surface area contributed by atoms with Gasteiger partial charge in [0.1, 0.15) is 5.82 Å². The van der Waals surface area contributed by atoms with Crippen LogP contribution in [0.5, 0.6) is 0 Å². The summed E-state index contributed by atoms with van der Waals surface area (Å²) in [6.45, 7) is 2.19. The predicted octanol–water partition coefficient (Wildman–Crippen LogP) is 0.638. The van der Waals surface area contributed by atoms with Crippen LogP contribution in [0.15, 0.2) is 39.9 Å². The number of likely N-dealkylation sites (tertiary alicyclic amines) is 1. The number of amides is 1. The van der Waals surface area contributed by atoms with Gasteiger partial charge in [-0.05, 0) is 24.8 Å². The molecule has 27 heavy (non-hydrogen) atoms. The third-order valence-electron chi connectivity index (χ3n) is 6.09. The van der Waals surface area contributed by atoms with Gasteiger partial charge in [0.15, 0.2) is 0 Å². The molecule has 5 rings (SSSR count). The normalized spacial score (nSPS) is 23.8. The van der Waals surface area contributed by atoms with E-state index in [9.17, 15) is 14.4 Å². The van der Waals surface area contributed by atoms with Crippen molar-refractivity contribution in [2.45, 2.75) is 38.8 Å². The number of hydrogen-bond donors (Lipinski definition) is 0. The highest BCUT2D eigenvalue weighted by Gasteiger charge is 2.47. The fraction of sp³-hybridized carbons (Fsp3) is 0.500. The Morgan fingerprint density at radius 3 is 2.63 bits per heavy atom. The largest absolute Gasteiger partial charge is 0.342 e. The van der Waals surface area contributed by atoms with Crippen LogP contribution < -0.4 is 11.1 Å². The Kier molecular flexibility index (Phi) is 3.60. The van der Waals surface area contributed by atoms with Gasteiger partial charge in [0.2, 0.25) is 5.91 Å². The zero-order chi connectivity index (χ0) is 18.6. The van der Waals surface area contributed by atoms with Crippen LogP contribution in [0.3, 0.4) is 0 Å². The van der Waals surface area contributed by atoms with Gasteiger partial charge in [0, 0.05) is 37.4 Å². The van der Waals surface area contributed by atoms with Crippen molar-refractivity contribution in [3.05, 3.63) is 62.4 Å². The summed E-state index contributed by atoms with van der Waals surface area (Å²) in [6.07, 6.45) is 3.51. The summed E-state index contributed by atoms with van der Waals surface area (Å²) >= 11 is 0. The highest BCUT2D eigenvalue weighted by Crippen LogP contribution is 2.41. The average Bonchev–Trinajstić information content (AvgIpc) is 3.36. The molecule has 2 aromatic rings. The van der Waals surface area contributed by atoms with E-state index < -0.39 is 11.1 Å². The topological polar surface area (TPSA) is 77.2 Å². The molecule has 1 saturated heterocycles. The van der Waals surface area contributed by atoms with Crippen molar-refractivity contribution in [3.8, 4) is 0 Å². The van der Waals surface area contributed by atoms with E-state index in [-0.39, 0.29) is 17.2 Å². The molecule has 1 amide bonds. The number of aromatic nitrogens is 3. The van der Waals surface area contributed by atoms with Gasteiger partial charge in [-0.1, -0.05) is 30.3 Å². The maximum atomic E-state index is 12.7. The molecule has 7 heteroatoms. The summed E-state index contributed by atoms with van der Waals surface area (Å²) in [6, 6.07) is 9.55. The average molecular weight is 366 g/mol. The molecule has 7 nitrogen and oxygen atoms in total. The summed E-state index contributed by atoms with van der Waals surface area (Å²) in [5.74, 6) is 1.13. The minimum Gasteiger partial charge on any atom is -0.342 e. The molecular weight excluding hydrogens is 344 g/mol. The molecule has 1 aliphatic carbocycles. The molecule has 0 unspecified atom stereocenters. The molecule has 1 aromatic carbocycles. The number of rotatable bonds is 3. The predicted molar refractivity (Wildman–Crippen MR) is 98.4 cm³/mol. The maximum absolute atomic E-state index is 12.7. The van der Waals surface area contributed by atoms with Crippen molar-refractivity contribution in [2.75, 3.05) is 13.1 Å². The second kappa shape index (κ2) is 5.90. The van der Waals surface area contributed by atoms with Gasteiger partial charge in [0.25, 0.3) is 0 Å². The lowest BCUT2D eigenvalue weighted by Gasteiger charge is -2.22. The minimum atomic E-state index is -0.580. The Labute approximate surface area is 156 Å². The van der Waals surface area contributed by atoms with Crippen LogP contribution in [0, 0.1) is 11.3 Å². The first-order valence-corrected chi connectivity index (χ1v) is 9.58. The third kappa shape index (κ3) is 2.81. The van der Waals surface area contributed by atoms with Crippen molar-refractivity contribution in [1.82, 2.24) is 19.2 Å². The zero-order valence-corrected chi connectivity index (χ0v) is 15.1. The van der Waals surface area contributed by atoms with Crippen LogP contribution in [-0.4, -0.2) is 38.2 Å². The second-order valence-electron chi connectivity index (χ2n) is 8.22. The van der Waals surface area contributed by atoms with Crippen LogP contribution in [0.4, 0.5) is 0 Å². The second-order valence-corrected chi connectivity index (χ2v) is 8.22. The summed E-state index contributed by atoms with van der Waals surface area (Å²) < 4.78 is 2.82. The van der Waals surface area contributed by atoms with Crippen molar-refractivity contribution in [2.24, 2.45) is 11.3 Å². The molecule has 1 saturated carbocycles. The molecular formula is C20H22N4O3. The van der Waals surface area contributed by atoms with Gasteiger partial charge in [-0.15, -0.1) is 0 Å². The zero-order valence-electron chi connectivity index (χ0n) is 15.1. The van der Waals surface area contributed by atoms with Crippen molar-refractivity contribution >= 4 is 5.91 Å². The lowest BCUT2D eigenvalue weighted by Crippen LogP contribution is -2.43. The van der Waals surface area contributed by atoms with Crippen LogP contribution in [0.1, 0.15) is 30.7 Å². The van der Waals surface area contributed by atoms with E-state index >= 15 is 0 Å². The fourth-order valence-corrected chi connectivity index (χ4v) is 4.45. The lowest BCUT2D eigenvalue weighted by molar-refractivity contribution is -0.131. The van der Waals surface area contributed by atoms with Gasteiger partial charge in [0.05, 0.1) is 6.54 Å². The first-order chi connectivity index (χ1) is 13.0. The Morgan fingerprint density at radius 1 is 1.11 bits per heavy atom. The molecule has 2 aliphatic heterocycles. The number of benzene rings is 1. The van der Waals surface area contributed by atoms with Gasteiger partial charge < -0.3 is 4.90 Å². The molecule has 3 aliphatic rings. The van der Waals surface area contributed by atoms with E-state index in [0.717, 1.165) is 31.4 Å². The SMILES string of the molecule is O=C(C1CC1)N1CC[C@]2(Cc3nn(Cc4ccccc4)c(=O)c(=O)n3C2)C1. The highest BCUT2D eigenvalue weighted by molar-refractivity contribution is 5.81. The maximum Gasteiger partial charge on any atom is 0.332 e. The summed E-state index contributed by atoms with van der Waals surface area (Å²) in [5.41, 5.74) is -0.295. The number of nitrogens with zero attached hydrogens (tertiary/aromatic N) is 4. The van der Waals surface area contributed by atoms with Crippen LogP contribution >= 0.6 is 0 Å². The van der Waals surface area contributed by atoms with Crippen LogP contribution in [0.2, 0.25) is 0 Å². The summed E-state index contributed by atoms with van der Waals surface area (Å²) in [4.78, 5) is 39.5. The molecule has 2 fully saturated rings. The number of carbonyl (C=O) groups excluding carboxylic acids is 1. The summed E-state index contributed by atoms with van der Waals surface area (Å²) in [5, 5.41) is 4.51. The standard InChI is InChI=1S/C20H22N4O3/c25-17(15-6-7-15)22-9-8-20(12-22)10-16-21-24(11-14-4-2-1-3-5-14)19(27)18(26)23(16)13-20/h1-5,15H,6-13H2/t20-/m0/s1. The van der Waals surface area contributed by atoms with Gasteiger partial charge in [-0.25, -0.2) is 4.68 Å². The van der Waals surface area contributed by atoms with Crippen molar-refractivity contribution < 1.29 is 4.79 Å². The van der Waals surface area contributed by atoms with E-state index in [2.05, 4.69) is 5.10 Å². The van der Waals surface area contributed by atoms with E-state index in [0.29, 0.717) is 31.9 Å². The fourth-order valence-electron chi connectivity index (χ4n) is 4.45. The number of carbonyl (C=O) groups is 1. The first-order valence-electron chi connectivity index (χ1n) is 9.58. The molecule has 1 atom stereocenters. The van der Waals surface area contributed by atoms with E-state index in [1.165, 1.54) is 9.25 Å². The molecule has 140 valence electrons. The first kappa shape index (κ1) is 16.5. The smallest absolute Gasteiger partial charge is 0.332 e. The Balaban J connectivity index is 1.42. The van der Waals surface area contributed by atoms with E-state index in [1.807, 2.05) is 35.2 Å². The molecule has 0 N–H and O–H groups in total. The monoisotopic (exact) mass is 366 g/mol. The van der Waals surface area contributed by atoms with Gasteiger partial charge in [-0.2, -0.15) is 5.10 Å². The molecule has 0 bridgehead atoms. The minimum absolute atomic E-state index is 0.151. The van der Waals surface area contributed by atoms with Gasteiger partial charge in [-0.3, -0.25) is 19.0 Å². The molecule has 3 heterocycles. The molecule has 1 aromatic heterocycles. The van der Waals surface area contributed by atoms with Crippen LogP contribution in [0.25, 0.3) is 0 Å². The Hall–Kier alpha value is -2.70. The Bertz CT molecular complexity index is 1020. The molecule has 0 radical (unpaired) electrons. The van der Waals surface area contributed by atoms with Crippen molar-refractivity contribution in [1.29, 1.82) is 0 Å². The number of fused-ring (bicyclic) bond motifs is 1. The highest BCUT2D eigenvalue weighted by atomic mass is 16.2. The quantitative estimate of drug-likeness (QED) is 0.747. The lowest BCUT2D eigenvalue weighted by atomic mass is 9.86.